The van der Waals surface area contributed by atoms with E-state index < -0.39 is 0 Å². The van der Waals surface area contributed by atoms with Gasteiger partial charge in [-0.15, -0.1) is 0 Å². The number of esters is 1. The molecule has 1 aromatic rings. The lowest BCUT2D eigenvalue weighted by atomic mass is 9.80. The van der Waals surface area contributed by atoms with E-state index in [2.05, 4.69) is 0 Å². The molecule has 124 valence electrons. The molecule has 2 atom stereocenters. The summed E-state index contributed by atoms with van der Waals surface area (Å²) in [5, 5.41) is 0. The molecule has 4 heteroatoms. The molecule has 1 aliphatic carbocycles. The topological polar surface area (TPSA) is 51.4 Å². The SMILES string of the molecule is O=C(Oc1ccc(CC2CO2)cc1)C1CCC(CC2CO2)CC1. The smallest absolute Gasteiger partial charge is 0.314 e. The lowest BCUT2D eigenvalue weighted by Gasteiger charge is -2.26. The van der Waals surface area contributed by atoms with Crippen LogP contribution < -0.4 is 4.74 Å². The first-order chi connectivity index (χ1) is 11.3. The number of ether oxygens (including phenoxy) is 3. The molecule has 23 heavy (non-hydrogen) atoms. The summed E-state index contributed by atoms with van der Waals surface area (Å²) in [4.78, 5) is 12.3. The molecule has 2 unspecified atom stereocenters. The third-order valence-electron chi connectivity index (χ3n) is 5.19. The number of hydrogen-bond donors (Lipinski definition) is 0. The van der Waals surface area contributed by atoms with Crippen molar-refractivity contribution in [1.82, 2.24) is 0 Å². The summed E-state index contributed by atoms with van der Waals surface area (Å²) in [6.07, 6.45) is 7.17. The van der Waals surface area contributed by atoms with Crippen LogP contribution in [0.3, 0.4) is 0 Å². The Labute approximate surface area is 137 Å². The summed E-state index contributed by atoms with van der Waals surface area (Å²) in [5.41, 5.74) is 1.23. The van der Waals surface area contributed by atoms with Gasteiger partial charge in [0.25, 0.3) is 0 Å². The van der Waals surface area contributed by atoms with E-state index in [1.165, 1.54) is 12.0 Å². The average molecular weight is 316 g/mol. The van der Waals surface area contributed by atoms with E-state index in [0.717, 1.165) is 51.2 Å². The highest BCUT2D eigenvalue weighted by molar-refractivity contribution is 5.75. The van der Waals surface area contributed by atoms with Crippen LogP contribution in [0.4, 0.5) is 0 Å². The van der Waals surface area contributed by atoms with Gasteiger partial charge in [-0.1, -0.05) is 12.1 Å². The van der Waals surface area contributed by atoms with Gasteiger partial charge in [0, 0.05) is 6.42 Å². The predicted molar refractivity (Wildman–Crippen MR) is 85.3 cm³/mol. The van der Waals surface area contributed by atoms with Gasteiger partial charge in [-0.05, 0) is 55.7 Å². The quantitative estimate of drug-likeness (QED) is 0.460. The molecule has 3 fully saturated rings. The Kier molecular flexibility index (Phi) is 4.36. The van der Waals surface area contributed by atoms with E-state index in [4.69, 9.17) is 14.2 Å². The molecule has 4 rings (SSSR count). The van der Waals surface area contributed by atoms with Gasteiger partial charge < -0.3 is 14.2 Å². The summed E-state index contributed by atoms with van der Waals surface area (Å²) in [6.45, 7) is 1.80. The van der Waals surface area contributed by atoms with E-state index in [1.807, 2.05) is 24.3 Å². The van der Waals surface area contributed by atoms with Crippen LogP contribution in [0.15, 0.2) is 24.3 Å². The Morgan fingerprint density at radius 3 is 2.26 bits per heavy atom. The molecular weight excluding hydrogens is 292 g/mol. The lowest BCUT2D eigenvalue weighted by Crippen LogP contribution is -2.26. The maximum absolute atomic E-state index is 12.3. The van der Waals surface area contributed by atoms with Crippen LogP contribution >= 0.6 is 0 Å². The van der Waals surface area contributed by atoms with Crippen LogP contribution in [-0.2, 0) is 20.7 Å². The zero-order chi connectivity index (χ0) is 15.6. The Balaban J connectivity index is 1.24. The first-order valence-corrected chi connectivity index (χ1v) is 8.80. The number of carbonyl (C=O) groups excluding carboxylic acids is 1. The van der Waals surface area contributed by atoms with Crippen molar-refractivity contribution < 1.29 is 19.0 Å². The van der Waals surface area contributed by atoms with Gasteiger partial charge >= 0.3 is 5.97 Å². The fourth-order valence-electron chi connectivity index (χ4n) is 3.55. The van der Waals surface area contributed by atoms with Gasteiger partial charge in [0.2, 0.25) is 0 Å². The van der Waals surface area contributed by atoms with E-state index in [1.54, 1.807) is 0 Å². The average Bonchev–Trinajstić information content (AvgIpc) is 3.47. The second kappa shape index (κ2) is 6.62. The van der Waals surface area contributed by atoms with Crippen molar-refractivity contribution in [2.24, 2.45) is 11.8 Å². The number of epoxide rings is 2. The Hall–Kier alpha value is -1.39. The van der Waals surface area contributed by atoms with Crippen LogP contribution in [0, 0.1) is 11.8 Å². The van der Waals surface area contributed by atoms with E-state index in [9.17, 15) is 4.79 Å². The van der Waals surface area contributed by atoms with Gasteiger partial charge in [-0.2, -0.15) is 0 Å². The number of hydrogen-bond acceptors (Lipinski definition) is 4. The van der Waals surface area contributed by atoms with Crippen molar-refractivity contribution in [1.29, 1.82) is 0 Å². The first-order valence-electron chi connectivity index (χ1n) is 8.80. The molecule has 0 spiro atoms. The molecule has 4 nitrogen and oxygen atoms in total. The monoisotopic (exact) mass is 316 g/mol. The highest BCUT2D eigenvalue weighted by Gasteiger charge is 2.32. The fraction of sp³-hybridized carbons (Fsp3) is 0.632. The summed E-state index contributed by atoms with van der Waals surface area (Å²) in [5.74, 6) is 1.38. The van der Waals surface area contributed by atoms with Gasteiger partial charge in [-0.3, -0.25) is 4.79 Å². The van der Waals surface area contributed by atoms with Gasteiger partial charge in [0.15, 0.2) is 0 Å². The highest BCUT2D eigenvalue weighted by Crippen LogP contribution is 2.35. The van der Waals surface area contributed by atoms with Crippen molar-refractivity contribution in [3.63, 3.8) is 0 Å². The molecule has 0 amide bonds. The minimum absolute atomic E-state index is 0.0610. The molecule has 0 bridgehead atoms. The molecule has 2 heterocycles. The van der Waals surface area contributed by atoms with Crippen molar-refractivity contribution in [2.75, 3.05) is 13.2 Å². The first kappa shape index (κ1) is 15.2. The largest absolute Gasteiger partial charge is 0.426 e. The van der Waals surface area contributed by atoms with Gasteiger partial charge in [0.1, 0.15) is 5.75 Å². The Bertz CT molecular complexity index is 537. The maximum atomic E-state index is 12.3. The van der Waals surface area contributed by atoms with Crippen LogP contribution in [0.5, 0.6) is 5.75 Å². The number of rotatable bonds is 6. The van der Waals surface area contributed by atoms with Crippen molar-refractivity contribution in [3.8, 4) is 5.75 Å². The molecule has 2 aliphatic heterocycles. The molecule has 1 aromatic carbocycles. The van der Waals surface area contributed by atoms with Crippen LogP contribution in [-0.4, -0.2) is 31.4 Å². The summed E-state index contributed by atoms with van der Waals surface area (Å²) < 4.78 is 16.1. The summed E-state index contributed by atoms with van der Waals surface area (Å²) in [7, 11) is 0. The van der Waals surface area contributed by atoms with Crippen molar-refractivity contribution in [2.45, 2.75) is 50.7 Å². The third kappa shape index (κ3) is 4.33. The van der Waals surface area contributed by atoms with Crippen LogP contribution in [0.2, 0.25) is 0 Å². The standard InChI is InChI=1S/C19H24O4/c20-19(15-5-1-13(2-6-15)9-17-11-21-17)23-16-7-3-14(4-8-16)10-18-12-22-18/h3-4,7-8,13,15,17-18H,1-2,5-6,9-12H2. The van der Waals surface area contributed by atoms with E-state index in [-0.39, 0.29) is 11.9 Å². The third-order valence-corrected chi connectivity index (χ3v) is 5.19. The second-order valence-corrected chi connectivity index (χ2v) is 7.13. The normalized spacial score (nSPS) is 32.3. The van der Waals surface area contributed by atoms with E-state index in [0.29, 0.717) is 18.0 Å². The Morgan fingerprint density at radius 1 is 1.00 bits per heavy atom. The van der Waals surface area contributed by atoms with Gasteiger partial charge in [0.05, 0.1) is 31.3 Å². The highest BCUT2D eigenvalue weighted by atomic mass is 16.6. The zero-order valence-electron chi connectivity index (χ0n) is 13.4. The molecular formula is C19H24O4. The molecule has 0 aromatic heterocycles. The number of benzene rings is 1. The van der Waals surface area contributed by atoms with Crippen molar-refractivity contribution >= 4 is 5.97 Å². The summed E-state index contributed by atoms with van der Waals surface area (Å²) >= 11 is 0. The Morgan fingerprint density at radius 2 is 1.65 bits per heavy atom. The molecule has 0 radical (unpaired) electrons. The van der Waals surface area contributed by atoms with Gasteiger partial charge in [-0.25, -0.2) is 0 Å². The molecule has 0 N–H and O–H groups in total. The van der Waals surface area contributed by atoms with Crippen LogP contribution in [0.25, 0.3) is 0 Å². The molecule has 2 saturated heterocycles. The fourth-order valence-corrected chi connectivity index (χ4v) is 3.55. The van der Waals surface area contributed by atoms with E-state index >= 15 is 0 Å². The summed E-state index contributed by atoms with van der Waals surface area (Å²) in [6, 6.07) is 7.84. The minimum atomic E-state index is -0.0654. The van der Waals surface area contributed by atoms with Crippen molar-refractivity contribution in [3.05, 3.63) is 29.8 Å². The lowest BCUT2D eigenvalue weighted by molar-refractivity contribution is -0.140. The predicted octanol–water partition coefficient (Wildman–Crippen LogP) is 3.13. The zero-order valence-corrected chi connectivity index (χ0v) is 13.4. The molecule has 3 aliphatic rings. The number of carbonyl (C=O) groups is 1. The second-order valence-electron chi connectivity index (χ2n) is 7.13. The van der Waals surface area contributed by atoms with Crippen LogP contribution in [0.1, 0.15) is 37.7 Å². The minimum Gasteiger partial charge on any atom is -0.426 e. The molecule has 1 saturated carbocycles. The maximum Gasteiger partial charge on any atom is 0.314 e.